The second kappa shape index (κ2) is 5.70. The molecule has 2 rings (SSSR count). The van der Waals surface area contributed by atoms with Gasteiger partial charge in [-0.15, -0.1) is 0 Å². The Bertz CT molecular complexity index is 657. The maximum Gasteiger partial charge on any atom is 0.0535 e. The van der Waals surface area contributed by atoms with Crippen molar-refractivity contribution in [3.63, 3.8) is 0 Å². The zero-order valence-corrected chi connectivity index (χ0v) is 11.7. The molecule has 2 nitrogen and oxygen atoms in total. The van der Waals surface area contributed by atoms with Crippen molar-refractivity contribution in [3.8, 4) is 0 Å². The van der Waals surface area contributed by atoms with Gasteiger partial charge < -0.3 is 10.4 Å². The molecule has 0 atom stereocenters. The minimum atomic E-state index is 0.994. The second-order valence-corrected chi connectivity index (χ2v) is 4.83. The smallest absolute Gasteiger partial charge is 0.0535 e. The highest BCUT2D eigenvalue weighted by Crippen LogP contribution is 2.27. The first-order valence-electron chi connectivity index (χ1n) is 6.63. The average molecular weight is 252 g/mol. The minimum absolute atomic E-state index is 0.994. The number of benzene rings is 1. The van der Waals surface area contributed by atoms with Crippen molar-refractivity contribution in [1.82, 2.24) is 4.98 Å². The van der Waals surface area contributed by atoms with Crippen LogP contribution in [0.1, 0.15) is 30.2 Å². The number of aromatic amines is 1. The molecule has 0 fully saturated rings. The van der Waals surface area contributed by atoms with Gasteiger partial charge in [0, 0.05) is 22.9 Å². The fourth-order valence-electron chi connectivity index (χ4n) is 2.33. The Morgan fingerprint density at radius 1 is 1.26 bits per heavy atom. The number of aryl methyl sites for hydroxylation is 2. The first kappa shape index (κ1) is 13.3. The Morgan fingerprint density at radius 2 is 2.05 bits per heavy atom. The Hall–Kier alpha value is -2.09. The molecule has 0 amide bonds. The summed E-state index contributed by atoms with van der Waals surface area (Å²) in [6, 6.07) is 6.53. The third-order valence-electron chi connectivity index (χ3n) is 3.11. The molecule has 98 valence electrons. The van der Waals surface area contributed by atoms with Crippen molar-refractivity contribution < 1.29 is 0 Å². The fourth-order valence-corrected chi connectivity index (χ4v) is 2.33. The van der Waals surface area contributed by atoms with Crippen molar-refractivity contribution >= 4 is 22.7 Å². The normalized spacial score (nSPS) is 12.5. The average Bonchev–Trinajstić information content (AvgIpc) is 2.73. The zero-order chi connectivity index (χ0) is 13.8. The molecule has 2 N–H and O–H groups in total. The van der Waals surface area contributed by atoms with Crippen molar-refractivity contribution in [2.45, 2.75) is 27.2 Å². The number of aromatic nitrogens is 1. The summed E-state index contributed by atoms with van der Waals surface area (Å²) in [6.45, 7) is 6.29. The molecule has 0 saturated heterocycles. The van der Waals surface area contributed by atoms with Gasteiger partial charge in [0.15, 0.2) is 0 Å². The van der Waals surface area contributed by atoms with Gasteiger partial charge in [0.1, 0.15) is 0 Å². The van der Waals surface area contributed by atoms with Crippen LogP contribution in [0.25, 0.3) is 16.5 Å². The van der Waals surface area contributed by atoms with Crippen molar-refractivity contribution in [1.29, 1.82) is 5.41 Å². The van der Waals surface area contributed by atoms with Gasteiger partial charge in [-0.05, 0) is 55.7 Å². The Morgan fingerprint density at radius 3 is 2.74 bits per heavy atom. The number of H-pyrrole nitrogens is 1. The van der Waals surface area contributed by atoms with Gasteiger partial charge >= 0.3 is 0 Å². The molecule has 0 saturated carbocycles. The van der Waals surface area contributed by atoms with Crippen LogP contribution in [-0.2, 0) is 0 Å². The summed E-state index contributed by atoms with van der Waals surface area (Å²) in [7, 11) is 0. The molecule has 0 radical (unpaired) electrons. The molecule has 1 aromatic carbocycles. The third-order valence-corrected chi connectivity index (χ3v) is 3.11. The Labute approximate surface area is 114 Å². The lowest BCUT2D eigenvalue weighted by Gasteiger charge is -2.06. The van der Waals surface area contributed by atoms with E-state index in [1.54, 1.807) is 0 Å². The topological polar surface area (TPSA) is 39.6 Å². The third kappa shape index (κ3) is 2.84. The van der Waals surface area contributed by atoms with Crippen LogP contribution in [0.5, 0.6) is 0 Å². The summed E-state index contributed by atoms with van der Waals surface area (Å²) in [5.74, 6) is 0. The highest BCUT2D eigenvalue weighted by atomic mass is 14.7. The highest BCUT2D eigenvalue weighted by Gasteiger charge is 2.07. The first-order chi connectivity index (χ1) is 9.15. The number of hydrogen-bond donors (Lipinski definition) is 2. The van der Waals surface area contributed by atoms with E-state index in [0.29, 0.717) is 0 Å². The lowest BCUT2D eigenvalue weighted by atomic mass is 9.99. The molecule has 2 aromatic rings. The number of rotatable bonds is 4. The predicted molar refractivity (Wildman–Crippen MR) is 84.0 cm³/mol. The molecule has 1 heterocycles. The van der Waals surface area contributed by atoms with Gasteiger partial charge in [0.05, 0.1) is 5.52 Å². The molecule has 0 aliphatic rings. The molecule has 2 heteroatoms. The van der Waals surface area contributed by atoms with E-state index < -0.39 is 0 Å². The van der Waals surface area contributed by atoms with Gasteiger partial charge in [-0.3, -0.25) is 0 Å². The number of hydrogen-bond acceptors (Lipinski definition) is 1. The molecular formula is C17H20N2. The van der Waals surface area contributed by atoms with Gasteiger partial charge in [-0.2, -0.15) is 0 Å². The van der Waals surface area contributed by atoms with Crippen LogP contribution in [0.2, 0.25) is 0 Å². The van der Waals surface area contributed by atoms with Crippen LogP contribution < -0.4 is 0 Å². The van der Waals surface area contributed by atoms with Crippen LogP contribution in [0.3, 0.4) is 0 Å². The molecular weight excluding hydrogens is 232 g/mol. The number of allylic oxidation sites excluding steroid dienone is 4. The quantitative estimate of drug-likeness (QED) is 0.580. The molecule has 19 heavy (non-hydrogen) atoms. The van der Waals surface area contributed by atoms with Crippen molar-refractivity contribution in [2.75, 3.05) is 0 Å². The van der Waals surface area contributed by atoms with Gasteiger partial charge in [-0.25, -0.2) is 0 Å². The van der Waals surface area contributed by atoms with Gasteiger partial charge in [-0.1, -0.05) is 19.1 Å². The lowest BCUT2D eigenvalue weighted by Crippen LogP contribution is -1.87. The highest BCUT2D eigenvalue weighted by molar-refractivity contribution is 5.98. The van der Waals surface area contributed by atoms with E-state index in [2.05, 4.69) is 56.1 Å². The van der Waals surface area contributed by atoms with E-state index in [9.17, 15) is 0 Å². The SMILES string of the molecule is CC/C=C/C(=C\C=N)c1cc(C)cc2cc(C)[nH]c12. The first-order valence-corrected chi connectivity index (χ1v) is 6.63. The monoisotopic (exact) mass is 252 g/mol. The minimum Gasteiger partial charge on any atom is -0.358 e. The van der Waals surface area contributed by atoms with E-state index in [4.69, 9.17) is 5.41 Å². The van der Waals surface area contributed by atoms with Crippen LogP contribution in [0.4, 0.5) is 0 Å². The molecule has 0 bridgehead atoms. The maximum absolute atomic E-state index is 7.34. The zero-order valence-electron chi connectivity index (χ0n) is 11.7. The van der Waals surface area contributed by atoms with E-state index in [1.165, 1.54) is 17.2 Å². The van der Waals surface area contributed by atoms with Crippen molar-refractivity contribution in [2.24, 2.45) is 0 Å². The van der Waals surface area contributed by atoms with Gasteiger partial charge in [0.2, 0.25) is 0 Å². The molecule has 1 aromatic heterocycles. The maximum atomic E-state index is 7.34. The molecule has 0 aliphatic carbocycles. The Kier molecular flexibility index (Phi) is 4.00. The summed E-state index contributed by atoms with van der Waals surface area (Å²) in [5, 5.41) is 8.57. The van der Waals surface area contributed by atoms with E-state index in [1.807, 2.05) is 6.08 Å². The lowest BCUT2D eigenvalue weighted by molar-refractivity contribution is 1.22. The second-order valence-electron chi connectivity index (χ2n) is 4.83. The summed E-state index contributed by atoms with van der Waals surface area (Å²) in [5.41, 5.74) is 5.79. The van der Waals surface area contributed by atoms with E-state index >= 15 is 0 Å². The van der Waals surface area contributed by atoms with Crippen LogP contribution in [-0.4, -0.2) is 11.2 Å². The number of nitrogens with one attached hydrogen (secondary N) is 2. The van der Waals surface area contributed by atoms with E-state index in [0.717, 1.165) is 28.8 Å². The standard InChI is InChI=1S/C17H20N2/c1-4-5-6-14(7-8-18)16-10-12(2)9-15-11-13(3)19-17(15)16/h5-11,18-19H,4H2,1-3H3/b6-5+,14-7+,18-8?. The predicted octanol–water partition coefficient (Wildman–Crippen LogP) is 4.78. The van der Waals surface area contributed by atoms with E-state index in [-0.39, 0.29) is 0 Å². The van der Waals surface area contributed by atoms with Gasteiger partial charge in [0.25, 0.3) is 0 Å². The molecule has 0 spiro atoms. The van der Waals surface area contributed by atoms with Crippen LogP contribution in [0, 0.1) is 19.3 Å². The number of fused-ring (bicyclic) bond motifs is 1. The summed E-state index contributed by atoms with van der Waals surface area (Å²) < 4.78 is 0. The molecule has 0 aliphatic heterocycles. The summed E-state index contributed by atoms with van der Waals surface area (Å²) >= 11 is 0. The van der Waals surface area contributed by atoms with Crippen LogP contribution >= 0.6 is 0 Å². The summed E-state index contributed by atoms with van der Waals surface area (Å²) in [4.78, 5) is 3.42. The fraction of sp³-hybridized carbons (Fsp3) is 0.235. The Balaban J connectivity index is 2.67. The molecule has 0 unspecified atom stereocenters. The largest absolute Gasteiger partial charge is 0.358 e. The summed E-state index contributed by atoms with van der Waals surface area (Å²) in [6.07, 6.45) is 8.40. The van der Waals surface area contributed by atoms with Crippen LogP contribution in [0.15, 0.2) is 36.4 Å². The van der Waals surface area contributed by atoms with Crippen molar-refractivity contribution in [3.05, 3.63) is 53.2 Å².